The van der Waals surface area contributed by atoms with Gasteiger partial charge in [-0.2, -0.15) is 0 Å². The third-order valence-electron chi connectivity index (χ3n) is 2.64. The van der Waals surface area contributed by atoms with E-state index in [1.807, 2.05) is 6.20 Å². The molecule has 0 spiro atoms. The van der Waals surface area contributed by atoms with E-state index >= 15 is 0 Å². The molecule has 0 saturated heterocycles. The van der Waals surface area contributed by atoms with Gasteiger partial charge in [-0.05, 0) is 18.9 Å². The van der Waals surface area contributed by atoms with Crippen LogP contribution in [-0.2, 0) is 13.1 Å². The van der Waals surface area contributed by atoms with E-state index in [9.17, 15) is 0 Å². The molecule has 0 amide bonds. The first kappa shape index (κ1) is 14.1. The second-order valence-corrected chi connectivity index (χ2v) is 4.83. The zero-order chi connectivity index (χ0) is 12.5. The molecule has 0 atom stereocenters. The van der Waals surface area contributed by atoms with Crippen molar-refractivity contribution in [3.63, 3.8) is 0 Å². The normalized spacial score (nSPS) is 11.3. The number of nitrogens with one attached hydrogen (secondary N) is 1. The van der Waals surface area contributed by atoms with Gasteiger partial charge in [-0.15, -0.1) is 5.10 Å². The molecule has 0 aromatic carbocycles. The Balaban J connectivity index is 2.05. The van der Waals surface area contributed by atoms with E-state index in [1.54, 1.807) is 4.68 Å². The first-order valence-electron chi connectivity index (χ1n) is 6.52. The SMILES string of the molecule is CC(C)CCCCNCc1cn(CCN)nn1. The molecular formula is C12H25N5. The number of unbranched alkanes of at least 4 members (excludes halogenated alkanes) is 1. The molecule has 0 unspecified atom stereocenters. The zero-order valence-corrected chi connectivity index (χ0v) is 11.0. The van der Waals surface area contributed by atoms with Crippen LogP contribution in [0.5, 0.6) is 0 Å². The van der Waals surface area contributed by atoms with Gasteiger partial charge in [-0.25, -0.2) is 0 Å². The highest BCUT2D eigenvalue weighted by Crippen LogP contribution is 2.05. The fourth-order valence-corrected chi connectivity index (χ4v) is 1.68. The smallest absolute Gasteiger partial charge is 0.0964 e. The van der Waals surface area contributed by atoms with Gasteiger partial charge in [0, 0.05) is 19.3 Å². The molecule has 0 aliphatic carbocycles. The van der Waals surface area contributed by atoms with Crippen molar-refractivity contribution in [2.24, 2.45) is 11.7 Å². The molecule has 1 heterocycles. The predicted octanol–water partition coefficient (Wildman–Crippen LogP) is 1.15. The Morgan fingerprint density at radius 3 is 2.94 bits per heavy atom. The monoisotopic (exact) mass is 239 g/mol. The second kappa shape index (κ2) is 8.20. The summed E-state index contributed by atoms with van der Waals surface area (Å²) in [7, 11) is 0. The van der Waals surface area contributed by atoms with E-state index in [4.69, 9.17) is 5.73 Å². The molecule has 1 rings (SSSR count). The minimum Gasteiger partial charge on any atom is -0.329 e. The van der Waals surface area contributed by atoms with Crippen LogP contribution >= 0.6 is 0 Å². The Morgan fingerprint density at radius 1 is 1.41 bits per heavy atom. The molecule has 3 N–H and O–H groups in total. The largest absolute Gasteiger partial charge is 0.329 e. The summed E-state index contributed by atoms with van der Waals surface area (Å²) >= 11 is 0. The maximum absolute atomic E-state index is 5.44. The summed E-state index contributed by atoms with van der Waals surface area (Å²) in [6.07, 6.45) is 5.79. The van der Waals surface area contributed by atoms with Crippen LogP contribution in [0.15, 0.2) is 6.20 Å². The van der Waals surface area contributed by atoms with E-state index in [2.05, 4.69) is 29.5 Å². The molecule has 5 nitrogen and oxygen atoms in total. The van der Waals surface area contributed by atoms with Crippen molar-refractivity contribution in [1.82, 2.24) is 20.3 Å². The average molecular weight is 239 g/mol. The molecular weight excluding hydrogens is 214 g/mol. The van der Waals surface area contributed by atoms with Crippen LogP contribution in [0.4, 0.5) is 0 Å². The summed E-state index contributed by atoms with van der Waals surface area (Å²) in [4.78, 5) is 0. The summed E-state index contributed by atoms with van der Waals surface area (Å²) in [6.45, 7) is 7.72. The van der Waals surface area contributed by atoms with Crippen LogP contribution in [0.3, 0.4) is 0 Å². The minimum absolute atomic E-state index is 0.603. The summed E-state index contributed by atoms with van der Waals surface area (Å²) in [5, 5.41) is 11.5. The number of rotatable bonds is 9. The first-order valence-corrected chi connectivity index (χ1v) is 6.52. The molecule has 1 aromatic heterocycles. The van der Waals surface area contributed by atoms with Crippen LogP contribution in [0, 0.1) is 5.92 Å². The fraction of sp³-hybridized carbons (Fsp3) is 0.833. The first-order chi connectivity index (χ1) is 8.22. The Bertz CT molecular complexity index is 295. The lowest BCUT2D eigenvalue weighted by atomic mass is 10.1. The van der Waals surface area contributed by atoms with Gasteiger partial charge < -0.3 is 11.1 Å². The van der Waals surface area contributed by atoms with E-state index in [0.29, 0.717) is 6.54 Å². The van der Waals surface area contributed by atoms with Crippen LogP contribution in [0.1, 0.15) is 38.8 Å². The third kappa shape index (κ3) is 6.38. The number of nitrogens with zero attached hydrogens (tertiary/aromatic N) is 3. The van der Waals surface area contributed by atoms with Gasteiger partial charge in [0.2, 0.25) is 0 Å². The molecule has 1 aromatic rings. The average Bonchev–Trinajstić information content (AvgIpc) is 2.71. The van der Waals surface area contributed by atoms with Gasteiger partial charge in [-0.3, -0.25) is 4.68 Å². The molecule has 0 saturated carbocycles. The maximum atomic E-state index is 5.44. The van der Waals surface area contributed by atoms with Crippen molar-refractivity contribution in [2.45, 2.75) is 46.2 Å². The second-order valence-electron chi connectivity index (χ2n) is 4.83. The number of hydrogen-bond acceptors (Lipinski definition) is 4. The Kier molecular flexibility index (Phi) is 6.81. The third-order valence-corrected chi connectivity index (χ3v) is 2.64. The van der Waals surface area contributed by atoms with Crippen molar-refractivity contribution in [3.05, 3.63) is 11.9 Å². The molecule has 0 bridgehead atoms. The lowest BCUT2D eigenvalue weighted by Crippen LogP contribution is -2.15. The molecule has 17 heavy (non-hydrogen) atoms. The van der Waals surface area contributed by atoms with Crippen molar-refractivity contribution in [3.8, 4) is 0 Å². The van der Waals surface area contributed by atoms with Crippen molar-refractivity contribution < 1.29 is 0 Å². The van der Waals surface area contributed by atoms with Gasteiger partial charge in [-0.1, -0.05) is 31.9 Å². The van der Waals surface area contributed by atoms with Gasteiger partial charge in [0.05, 0.1) is 12.2 Å². The minimum atomic E-state index is 0.603. The summed E-state index contributed by atoms with van der Waals surface area (Å²) < 4.78 is 1.79. The Hall–Kier alpha value is -0.940. The highest BCUT2D eigenvalue weighted by molar-refractivity contribution is 4.91. The lowest BCUT2D eigenvalue weighted by Gasteiger charge is -2.04. The summed E-state index contributed by atoms with van der Waals surface area (Å²) in [6, 6.07) is 0. The van der Waals surface area contributed by atoms with E-state index in [0.717, 1.165) is 31.2 Å². The highest BCUT2D eigenvalue weighted by atomic mass is 15.4. The Morgan fingerprint density at radius 2 is 2.24 bits per heavy atom. The van der Waals surface area contributed by atoms with Crippen LogP contribution < -0.4 is 11.1 Å². The van der Waals surface area contributed by atoms with Crippen LogP contribution in [0.2, 0.25) is 0 Å². The quantitative estimate of drug-likeness (QED) is 0.634. The predicted molar refractivity (Wildman–Crippen MR) is 69.5 cm³/mol. The van der Waals surface area contributed by atoms with E-state index in [1.165, 1.54) is 19.3 Å². The molecule has 0 aliphatic rings. The van der Waals surface area contributed by atoms with Crippen LogP contribution in [0.25, 0.3) is 0 Å². The van der Waals surface area contributed by atoms with Gasteiger partial charge in [0.15, 0.2) is 0 Å². The van der Waals surface area contributed by atoms with Crippen molar-refractivity contribution in [2.75, 3.05) is 13.1 Å². The molecule has 5 heteroatoms. The van der Waals surface area contributed by atoms with Crippen LogP contribution in [-0.4, -0.2) is 28.1 Å². The number of nitrogens with two attached hydrogens (primary N) is 1. The van der Waals surface area contributed by atoms with Crippen molar-refractivity contribution >= 4 is 0 Å². The topological polar surface area (TPSA) is 68.8 Å². The van der Waals surface area contributed by atoms with Gasteiger partial charge >= 0.3 is 0 Å². The van der Waals surface area contributed by atoms with E-state index < -0.39 is 0 Å². The summed E-state index contributed by atoms with van der Waals surface area (Å²) in [5.74, 6) is 0.811. The maximum Gasteiger partial charge on any atom is 0.0964 e. The fourth-order valence-electron chi connectivity index (χ4n) is 1.68. The lowest BCUT2D eigenvalue weighted by molar-refractivity contribution is 0.519. The molecule has 0 fully saturated rings. The number of hydrogen-bond donors (Lipinski definition) is 2. The molecule has 0 aliphatic heterocycles. The number of aromatic nitrogens is 3. The molecule has 98 valence electrons. The summed E-state index contributed by atoms with van der Waals surface area (Å²) in [5.41, 5.74) is 6.43. The standard InChI is InChI=1S/C12H25N5/c1-11(2)5-3-4-7-14-9-12-10-17(8-6-13)16-15-12/h10-11,14H,3-9,13H2,1-2H3. The van der Waals surface area contributed by atoms with E-state index in [-0.39, 0.29) is 0 Å². The van der Waals surface area contributed by atoms with Gasteiger partial charge in [0.1, 0.15) is 0 Å². The molecule has 0 radical (unpaired) electrons. The van der Waals surface area contributed by atoms with Crippen molar-refractivity contribution in [1.29, 1.82) is 0 Å². The Labute approximate surface area is 104 Å². The highest BCUT2D eigenvalue weighted by Gasteiger charge is 1.99. The van der Waals surface area contributed by atoms with Gasteiger partial charge in [0.25, 0.3) is 0 Å². The zero-order valence-electron chi connectivity index (χ0n) is 11.0.